The maximum absolute atomic E-state index is 5.12. The van der Waals surface area contributed by atoms with Crippen LogP contribution in [0, 0.1) is 6.92 Å². The molecule has 0 radical (unpaired) electrons. The zero-order valence-corrected chi connectivity index (χ0v) is 10.4. The van der Waals surface area contributed by atoms with E-state index in [0.717, 1.165) is 6.42 Å². The molecule has 0 fully saturated rings. The van der Waals surface area contributed by atoms with E-state index >= 15 is 0 Å². The van der Waals surface area contributed by atoms with Crippen LogP contribution in [-0.4, -0.2) is 19.8 Å². The Morgan fingerprint density at radius 1 is 1.50 bits per heavy atom. The van der Waals surface area contributed by atoms with Gasteiger partial charge in [0.25, 0.3) is 0 Å². The molecule has 0 spiro atoms. The average molecular weight is 219 g/mol. The molecule has 0 aromatic heterocycles. The quantitative estimate of drug-likeness (QED) is 0.742. The molecule has 0 saturated heterocycles. The van der Waals surface area contributed by atoms with Crippen LogP contribution in [0.3, 0.4) is 0 Å². The van der Waals surface area contributed by atoms with Crippen LogP contribution >= 0.6 is 0 Å². The number of aryl methyl sites for hydroxylation is 1. The van der Waals surface area contributed by atoms with E-state index in [9.17, 15) is 0 Å². The third-order valence-corrected chi connectivity index (χ3v) is 2.45. The van der Waals surface area contributed by atoms with Gasteiger partial charge in [-0.05, 0) is 37.5 Å². The molecular weight excluding hydrogens is 198 g/mol. The number of nitrogens with one attached hydrogen (secondary N) is 1. The molecule has 1 aromatic carbocycles. The van der Waals surface area contributed by atoms with Gasteiger partial charge in [-0.25, -0.2) is 0 Å². The van der Waals surface area contributed by atoms with Gasteiger partial charge in [-0.15, -0.1) is 6.58 Å². The number of anilines is 1. The molecule has 1 rings (SSSR count). The highest BCUT2D eigenvalue weighted by Crippen LogP contribution is 2.19. The lowest BCUT2D eigenvalue weighted by Gasteiger charge is -2.17. The molecule has 0 heterocycles. The van der Waals surface area contributed by atoms with Gasteiger partial charge in [-0.1, -0.05) is 18.2 Å². The first-order valence-corrected chi connectivity index (χ1v) is 5.63. The molecule has 1 unspecified atom stereocenters. The number of methoxy groups -OCH3 is 1. The second-order valence-corrected chi connectivity index (χ2v) is 4.15. The SMILES string of the molecule is C=CCc1ccc(C)cc1NC(C)COC. The Labute approximate surface area is 98.3 Å². The van der Waals surface area contributed by atoms with Crippen molar-refractivity contribution < 1.29 is 4.74 Å². The Bertz CT molecular complexity index is 347. The lowest BCUT2D eigenvalue weighted by molar-refractivity contribution is 0.190. The second-order valence-electron chi connectivity index (χ2n) is 4.15. The smallest absolute Gasteiger partial charge is 0.0661 e. The Balaban J connectivity index is 2.82. The van der Waals surface area contributed by atoms with E-state index in [1.165, 1.54) is 16.8 Å². The first kappa shape index (κ1) is 12.8. The topological polar surface area (TPSA) is 21.3 Å². The highest BCUT2D eigenvalue weighted by molar-refractivity contribution is 5.54. The van der Waals surface area contributed by atoms with Gasteiger partial charge in [0.15, 0.2) is 0 Å². The summed E-state index contributed by atoms with van der Waals surface area (Å²) in [6.45, 7) is 8.71. The lowest BCUT2D eigenvalue weighted by Crippen LogP contribution is -2.21. The summed E-state index contributed by atoms with van der Waals surface area (Å²) in [5, 5.41) is 3.46. The molecule has 0 aliphatic heterocycles. The summed E-state index contributed by atoms with van der Waals surface area (Å²) < 4.78 is 5.12. The van der Waals surface area contributed by atoms with Gasteiger partial charge in [0.05, 0.1) is 6.61 Å². The monoisotopic (exact) mass is 219 g/mol. The van der Waals surface area contributed by atoms with Crippen LogP contribution in [0.25, 0.3) is 0 Å². The summed E-state index contributed by atoms with van der Waals surface area (Å²) in [5.74, 6) is 0. The van der Waals surface area contributed by atoms with Crippen molar-refractivity contribution in [3.8, 4) is 0 Å². The van der Waals surface area contributed by atoms with Crippen LogP contribution < -0.4 is 5.32 Å². The summed E-state index contributed by atoms with van der Waals surface area (Å²) in [4.78, 5) is 0. The van der Waals surface area contributed by atoms with Gasteiger partial charge in [-0.2, -0.15) is 0 Å². The van der Waals surface area contributed by atoms with Gasteiger partial charge in [0.1, 0.15) is 0 Å². The van der Waals surface area contributed by atoms with Gasteiger partial charge >= 0.3 is 0 Å². The summed E-state index contributed by atoms with van der Waals surface area (Å²) in [5.41, 5.74) is 3.73. The third kappa shape index (κ3) is 3.70. The molecule has 0 bridgehead atoms. The number of hydrogen-bond donors (Lipinski definition) is 1. The highest BCUT2D eigenvalue weighted by atomic mass is 16.5. The van der Waals surface area contributed by atoms with E-state index in [1.54, 1.807) is 7.11 Å². The fraction of sp³-hybridized carbons (Fsp3) is 0.429. The molecule has 0 amide bonds. The Hall–Kier alpha value is -1.28. The summed E-state index contributed by atoms with van der Waals surface area (Å²) in [6.07, 6.45) is 2.82. The number of allylic oxidation sites excluding steroid dienone is 1. The molecule has 16 heavy (non-hydrogen) atoms. The molecule has 2 nitrogen and oxygen atoms in total. The minimum atomic E-state index is 0.315. The van der Waals surface area contributed by atoms with E-state index in [1.807, 2.05) is 6.08 Å². The van der Waals surface area contributed by atoms with Crippen molar-refractivity contribution >= 4 is 5.69 Å². The van der Waals surface area contributed by atoms with Crippen LogP contribution in [0.2, 0.25) is 0 Å². The molecule has 0 saturated carbocycles. The third-order valence-electron chi connectivity index (χ3n) is 2.45. The van der Waals surface area contributed by atoms with Crippen LogP contribution in [-0.2, 0) is 11.2 Å². The van der Waals surface area contributed by atoms with Crippen molar-refractivity contribution in [3.63, 3.8) is 0 Å². The van der Waals surface area contributed by atoms with Crippen LogP contribution in [0.5, 0.6) is 0 Å². The van der Waals surface area contributed by atoms with Gasteiger partial charge in [0.2, 0.25) is 0 Å². The molecule has 2 heteroatoms. The summed E-state index contributed by atoms with van der Waals surface area (Å²) in [6, 6.07) is 6.77. The first-order valence-electron chi connectivity index (χ1n) is 5.63. The van der Waals surface area contributed by atoms with Crippen molar-refractivity contribution in [3.05, 3.63) is 42.0 Å². The zero-order valence-electron chi connectivity index (χ0n) is 10.4. The van der Waals surface area contributed by atoms with Gasteiger partial charge in [-0.3, -0.25) is 0 Å². The van der Waals surface area contributed by atoms with Crippen molar-refractivity contribution in [1.82, 2.24) is 0 Å². The fourth-order valence-corrected chi connectivity index (χ4v) is 1.72. The Kier molecular flexibility index (Phi) is 5.06. The minimum Gasteiger partial charge on any atom is -0.383 e. The average Bonchev–Trinajstić information content (AvgIpc) is 2.22. The molecule has 88 valence electrons. The van der Waals surface area contributed by atoms with E-state index in [0.29, 0.717) is 12.6 Å². The highest BCUT2D eigenvalue weighted by Gasteiger charge is 2.05. The maximum Gasteiger partial charge on any atom is 0.0661 e. The Morgan fingerprint density at radius 2 is 2.25 bits per heavy atom. The van der Waals surface area contributed by atoms with E-state index < -0.39 is 0 Å². The van der Waals surface area contributed by atoms with Crippen LogP contribution in [0.4, 0.5) is 5.69 Å². The van der Waals surface area contributed by atoms with E-state index in [-0.39, 0.29) is 0 Å². The first-order chi connectivity index (χ1) is 7.67. The van der Waals surface area contributed by atoms with E-state index in [4.69, 9.17) is 4.74 Å². The van der Waals surface area contributed by atoms with Crippen LogP contribution in [0.1, 0.15) is 18.1 Å². The molecule has 1 N–H and O–H groups in total. The summed E-state index contributed by atoms with van der Waals surface area (Å²) >= 11 is 0. The van der Waals surface area contributed by atoms with Gasteiger partial charge in [0, 0.05) is 18.8 Å². The van der Waals surface area contributed by atoms with Crippen LogP contribution in [0.15, 0.2) is 30.9 Å². The van der Waals surface area contributed by atoms with E-state index in [2.05, 4.69) is 43.9 Å². The largest absolute Gasteiger partial charge is 0.383 e. The number of rotatable bonds is 6. The van der Waals surface area contributed by atoms with Gasteiger partial charge < -0.3 is 10.1 Å². The van der Waals surface area contributed by atoms with Crippen molar-refractivity contribution in [2.24, 2.45) is 0 Å². The number of ether oxygens (including phenoxy) is 1. The number of hydrogen-bond acceptors (Lipinski definition) is 2. The fourth-order valence-electron chi connectivity index (χ4n) is 1.72. The predicted molar refractivity (Wildman–Crippen MR) is 70.0 cm³/mol. The molecule has 1 atom stereocenters. The maximum atomic E-state index is 5.12. The molecule has 0 aliphatic carbocycles. The second kappa shape index (κ2) is 6.33. The molecular formula is C14H21NO. The summed E-state index contributed by atoms with van der Waals surface area (Å²) in [7, 11) is 1.72. The van der Waals surface area contributed by atoms with Crippen molar-refractivity contribution in [2.75, 3.05) is 19.0 Å². The normalized spacial score (nSPS) is 12.2. The molecule has 1 aromatic rings. The number of benzene rings is 1. The van der Waals surface area contributed by atoms with Crippen molar-refractivity contribution in [1.29, 1.82) is 0 Å². The Morgan fingerprint density at radius 3 is 2.88 bits per heavy atom. The predicted octanol–water partition coefficient (Wildman–Crippen LogP) is 3.17. The minimum absolute atomic E-state index is 0.315. The molecule has 0 aliphatic rings. The lowest BCUT2D eigenvalue weighted by atomic mass is 10.1. The van der Waals surface area contributed by atoms with Crippen molar-refractivity contribution in [2.45, 2.75) is 26.3 Å². The standard InChI is InChI=1S/C14H21NO/c1-5-6-13-8-7-11(2)9-14(13)15-12(3)10-16-4/h5,7-9,12,15H,1,6,10H2,2-4H3. The zero-order chi connectivity index (χ0) is 12.0.